The molecule has 0 aliphatic rings. The van der Waals surface area contributed by atoms with Crippen molar-refractivity contribution in [1.29, 1.82) is 0 Å². The second kappa shape index (κ2) is 4.42. The predicted molar refractivity (Wildman–Crippen MR) is 53.3 cm³/mol. The first kappa shape index (κ1) is 12.2. The highest BCUT2D eigenvalue weighted by atomic mass is 16.3. The fourth-order valence-electron chi connectivity index (χ4n) is 1.02. The summed E-state index contributed by atoms with van der Waals surface area (Å²) < 4.78 is 0. The maximum Gasteiger partial charge on any atom is 0.254 e. The normalized spacial score (nSPS) is 11.5. The van der Waals surface area contributed by atoms with Crippen LogP contribution >= 0.6 is 0 Å². The Labute approximate surface area is 80.0 Å². The first-order valence-corrected chi connectivity index (χ1v) is 4.45. The quantitative estimate of drug-likeness (QED) is 0.668. The van der Waals surface area contributed by atoms with Gasteiger partial charge in [0.1, 0.15) is 5.60 Å². The van der Waals surface area contributed by atoms with Crippen molar-refractivity contribution in [3.63, 3.8) is 0 Å². The Bertz CT molecular complexity index is 192. The summed E-state index contributed by atoms with van der Waals surface area (Å²) in [6, 6.07) is 0.0805. The Morgan fingerprint density at radius 3 is 2.31 bits per heavy atom. The van der Waals surface area contributed by atoms with Crippen LogP contribution in [0.15, 0.2) is 12.7 Å². The molecule has 0 heterocycles. The Morgan fingerprint density at radius 2 is 2.08 bits per heavy atom. The first-order chi connectivity index (χ1) is 5.80. The topological polar surface area (TPSA) is 40.5 Å². The molecule has 0 bridgehead atoms. The zero-order valence-corrected chi connectivity index (χ0v) is 8.87. The molecule has 1 N–H and O–H groups in total. The summed E-state index contributed by atoms with van der Waals surface area (Å²) in [5, 5.41) is 9.51. The van der Waals surface area contributed by atoms with Crippen LogP contribution in [0.25, 0.3) is 0 Å². The van der Waals surface area contributed by atoms with Gasteiger partial charge in [0.2, 0.25) is 0 Å². The smallest absolute Gasteiger partial charge is 0.254 e. The minimum atomic E-state index is -1.30. The third-order valence-electron chi connectivity index (χ3n) is 1.73. The van der Waals surface area contributed by atoms with Gasteiger partial charge < -0.3 is 10.0 Å². The van der Waals surface area contributed by atoms with Crippen LogP contribution in [0.4, 0.5) is 0 Å². The van der Waals surface area contributed by atoms with E-state index in [1.807, 2.05) is 13.8 Å². The lowest BCUT2D eigenvalue weighted by molar-refractivity contribution is -0.149. The van der Waals surface area contributed by atoms with Crippen LogP contribution in [0.1, 0.15) is 27.7 Å². The molecule has 0 rings (SSSR count). The van der Waals surface area contributed by atoms with Gasteiger partial charge in [-0.2, -0.15) is 0 Å². The van der Waals surface area contributed by atoms with Crippen LogP contribution in [0, 0.1) is 0 Å². The van der Waals surface area contributed by atoms with Crippen LogP contribution < -0.4 is 0 Å². The van der Waals surface area contributed by atoms with Crippen LogP contribution in [0.5, 0.6) is 0 Å². The van der Waals surface area contributed by atoms with E-state index in [2.05, 4.69) is 6.58 Å². The summed E-state index contributed by atoms with van der Waals surface area (Å²) >= 11 is 0. The first-order valence-electron chi connectivity index (χ1n) is 4.45. The summed E-state index contributed by atoms with van der Waals surface area (Å²) in [5.41, 5.74) is -1.30. The average Bonchev–Trinajstić information content (AvgIpc) is 1.96. The number of amides is 1. The van der Waals surface area contributed by atoms with E-state index >= 15 is 0 Å². The van der Waals surface area contributed by atoms with Gasteiger partial charge in [-0.15, -0.1) is 6.58 Å². The minimum absolute atomic E-state index is 0.0805. The summed E-state index contributed by atoms with van der Waals surface area (Å²) in [7, 11) is 0. The number of rotatable bonds is 4. The summed E-state index contributed by atoms with van der Waals surface area (Å²) in [6.07, 6.45) is 1.66. The van der Waals surface area contributed by atoms with E-state index in [-0.39, 0.29) is 11.9 Å². The van der Waals surface area contributed by atoms with Crippen molar-refractivity contribution in [3.05, 3.63) is 12.7 Å². The Kier molecular flexibility index (Phi) is 4.14. The molecule has 0 aromatic carbocycles. The summed E-state index contributed by atoms with van der Waals surface area (Å²) in [5.74, 6) is -0.262. The van der Waals surface area contributed by atoms with Gasteiger partial charge in [-0.3, -0.25) is 4.79 Å². The van der Waals surface area contributed by atoms with Gasteiger partial charge in [0.15, 0.2) is 0 Å². The van der Waals surface area contributed by atoms with Gasteiger partial charge in [0.05, 0.1) is 0 Å². The van der Waals surface area contributed by atoms with Crippen molar-refractivity contribution in [2.24, 2.45) is 0 Å². The van der Waals surface area contributed by atoms with E-state index in [1.165, 1.54) is 13.8 Å². The lowest BCUT2D eigenvalue weighted by Crippen LogP contribution is -2.48. The third kappa shape index (κ3) is 3.59. The average molecular weight is 185 g/mol. The van der Waals surface area contributed by atoms with Crippen molar-refractivity contribution in [1.82, 2.24) is 4.90 Å². The summed E-state index contributed by atoms with van der Waals surface area (Å²) in [4.78, 5) is 13.2. The van der Waals surface area contributed by atoms with Crippen molar-refractivity contribution >= 4 is 5.91 Å². The van der Waals surface area contributed by atoms with Crippen molar-refractivity contribution in [2.75, 3.05) is 6.54 Å². The molecule has 0 radical (unpaired) electrons. The van der Waals surface area contributed by atoms with E-state index < -0.39 is 5.60 Å². The number of carbonyl (C=O) groups excluding carboxylic acids is 1. The molecule has 0 saturated carbocycles. The van der Waals surface area contributed by atoms with E-state index in [1.54, 1.807) is 11.0 Å². The molecule has 0 atom stereocenters. The lowest BCUT2D eigenvalue weighted by Gasteiger charge is -2.30. The predicted octanol–water partition coefficient (Wildman–Crippen LogP) is 1.18. The van der Waals surface area contributed by atoms with Crippen LogP contribution in [0.2, 0.25) is 0 Å². The molecule has 0 spiro atoms. The largest absolute Gasteiger partial charge is 0.381 e. The third-order valence-corrected chi connectivity index (χ3v) is 1.73. The number of hydrogen-bond acceptors (Lipinski definition) is 2. The fraction of sp³-hybridized carbons (Fsp3) is 0.700. The molecule has 13 heavy (non-hydrogen) atoms. The molecule has 0 aromatic rings. The SMILES string of the molecule is C=CCN(C(=O)C(C)(C)O)C(C)C. The van der Waals surface area contributed by atoms with Gasteiger partial charge >= 0.3 is 0 Å². The van der Waals surface area contributed by atoms with Crippen LogP contribution in [0.3, 0.4) is 0 Å². The van der Waals surface area contributed by atoms with Gasteiger partial charge in [-0.25, -0.2) is 0 Å². The zero-order chi connectivity index (χ0) is 10.6. The second-order valence-corrected chi connectivity index (χ2v) is 3.90. The zero-order valence-electron chi connectivity index (χ0n) is 8.87. The highest BCUT2D eigenvalue weighted by molar-refractivity contribution is 5.84. The van der Waals surface area contributed by atoms with E-state index in [0.717, 1.165) is 0 Å². The number of carbonyl (C=O) groups is 1. The molecule has 0 fully saturated rings. The van der Waals surface area contributed by atoms with Gasteiger partial charge in [-0.1, -0.05) is 6.08 Å². The van der Waals surface area contributed by atoms with E-state index in [4.69, 9.17) is 0 Å². The lowest BCUT2D eigenvalue weighted by atomic mass is 10.1. The Hall–Kier alpha value is -0.830. The molecule has 0 aliphatic heterocycles. The van der Waals surface area contributed by atoms with Gasteiger partial charge in [-0.05, 0) is 27.7 Å². The summed E-state index contributed by atoms with van der Waals surface area (Å²) in [6.45, 7) is 10.9. The number of nitrogens with zero attached hydrogens (tertiary/aromatic N) is 1. The Balaban J connectivity index is 4.56. The van der Waals surface area contributed by atoms with Crippen molar-refractivity contribution < 1.29 is 9.90 Å². The maximum absolute atomic E-state index is 11.6. The monoisotopic (exact) mass is 185 g/mol. The number of aliphatic hydroxyl groups is 1. The standard InChI is InChI=1S/C10H19NO2/c1-6-7-11(8(2)3)9(12)10(4,5)13/h6,8,13H,1,7H2,2-5H3. The van der Waals surface area contributed by atoms with Crippen LogP contribution in [-0.2, 0) is 4.79 Å². The van der Waals surface area contributed by atoms with Crippen molar-refractivity contribution in [3.8, 4) is 0 Å². The molecule has 1 amide bonds. The number of hydrogen-bond donors (Lipinski definition) is 1. The van der Waals surface area contributed by atoms with Crippen LogP contribution in [-0.4, -0.2) is 34.1 Å². The molecule has 0 aromatic heterocycles. The second-order valence-electron chi connectivity index (χ2n) is 3.90. The molecule has 0 saturated heterocycles. The molecular weight excluding hydrogens is 166 g/mol. The molecule has 3 heteroatoms. The molecule has 3 nitrogen and oxygen atoms in total. The highest BCUT2D eigenvalue weighted by Crippen LogP contribution is 2.10. The molecule has 0 aliphatic carbocycles. The van der Waals surface area contributed by atoms with Gasteiger partial charge in [0, 0.05) is 12.6 Å². The fourth-order valence-corrected chi connectivity index (χ4v) is 1.02. The molecule has 0 unspecified atom stereocenters. The maximum atomic E-state index is 11.6. The van der Waals surface area contributed by atoms with E-state index in [0.29, 0.717) is 6.54 Å². The van der Waals surface area contributed by atoms with Crippen molar-refractivity contribution in [2.45, 2.75) is 39.3 Å². The van der Waals surface area contributed by atoms with E-state index in [9.17, 15) is 9.90 Å². The van der Waals surface area contributed by atoms with Gasteiger partial charge in [0.25, 0.3) is 5.91 Å². The highest BCUT2D eigenvalue weighted by Gasteiger charge is 2.29. The Morgan fingerprint density at radius 1 is 1.62 bits per heavy atom. The molecule has 76 valence electrons. The molecular formula is C10H19NO2. The minimum Gasteiger partial charge on any atom is -0.381 e.